The number of carbonyl (C=O) groups is 1. The number of thioether (sulfide) groups is 1. The summed E-state index contributed by atoms with van der Waals surface area (Å²) in [6.07, 6.45) is 0. The van der Waals surface area contributed by atoms with Crippen molar-refractivity contribution in [3.8, 4) is 0 Å². The average molecular weight is 381 g/mol. The van der Waals surface area contributed by atoms with Crippen molar-refractivity contribution < 1.29 is 4.79 Å². The van der Waals surface area contributed by atoms with Crippen LogP contribution in [0.1, 0.15) is 18.3 Å². The van der Waals surface area contributed by atoms with Crippen LogP contribution in [0.5, 0.6) is 0 Å². The lowest BCUT2D eigenvalue weighted by Crippen LogP contribution is -2.30. The van der Waals surface area contributed by atoms with Gasteiger partial charge in [0, 0.05) is 25.7 Å². The summed E-state index contributed by atoms with van der Waals surface area (Å²) in [6, 6.07) is 7.43. The van der Waals surface area contributed by atoms with E-state index in [1.165, 1.54) is 11.8 Å². The van der Waals surface area contributed by atoms with E-state index in [1.807, 2.05) is 39.2 Å². The molecule has 0 aliphatic rings. The Morgan fingerprint density at radius 2 is 2.04 bits per heavy atom. The van der Waals surface area contributed by atoms with E-state index in [2.05, 4.69) is 20.3 Å². The molecule has 1 aromatic carbocycles. The zero-order valence-corrected chi connectivity index (χ0v) is 15.9. The number of hydrogen-bond donors (Lipinski definition) is 2. The highest BCUT2D eigenvalue weighted by molar-refractivity contribution is 7.99. The molecule has 25 heavy (non-hydrogen) atoms. The molecular formula is C16H21ClN6OS. The standard InChI is InChI=1S/C16H21ClN6OS/c1-10(14(24)19-8-11-6-4-5-7-12(11)17)25-9-13-20-15(18)22-16(21-13)23(2)3/h4-7,10H,8-9H2,1-3H3,(H,19,24)(H2,18,20,21,22)/t10-/m1/s1. The molecule has 0 saturated carbocycles. The number of amides is 1. The number of nitrogens with one attached hydrogen (secondary N) is 1. The van der Waals surface area contributed by atoms with Crippen LogP contribution < -0.4 is 16.0 Å². The van der Waals surface area contributed by atoms with E-state index in [4.69, 9.17) is 17.3 Å². The van der Waals surface area contributed by atoms with Gasteiger partial charge in [0.15, 0.2) is 0 Å². The summed E-state index contributed by atoms with van der Waals surface area (Å²) < 4.78 is 0. The van der Waals surface area contributed by atoms with Crippen LogP contribution in [-0.2, 0) is 17.1 Å². The molecule has 0 bridgehead atoms. The molecule has 0 unspecified atom stereocenters. The molecule has 0 radical (unpaired) electrons. The minimum Gasteiger partial charge on any atom is -0.368 e. The number of carbonyl (C=O) groups excluding carboxylic acids is 1. The zero-order valence-electron chi connectivity index (χ0n) is 14.4. The van der Waals surface area contributed by atoms with Crippen molar-refractivity contribution in [3.63, 3.8) is 0 Å². The van der Waals surface area contributed by atoms with Gasteiger partial charge in [0.1, 0.15) is 5.82 Å². The summed E-state index contributed by atoms with van der Waals surface area (Å²) in [5.41, 5.74) is 6.58. The second-order valence-corrected chi connectivity index (χ2v) is 7.30. The van der Waals surface area contributed by atoms with Gasteiger partial charge < -0.3 is 16.0 Å². The number of benzene rings is 1. The van der Waals surface area contributed by atoms with Crippen LogP contribution in [0.2, 0.25) is 5.02 Å². The number of aromatic nitrogens is 3. The summed E-state index contributed by atoms with van der Waals surface area (Å²) in [5.74, 6) is 1.62. The number of halogens is 1. The summed E-state index contributed by atoms with van der Waals surface area (Å²) in [7, 11) is 3.66. The lowest BCUT2D eigenvalue weighted by atomic mass is 10.2. The van der Waals surface area contributed by atoms with E-state index < -0.39 is 0 Å². The molecule has 0 aliphatic heterocycles. The van der Waals surface area contributed by atoms with Crippen molar-refractivity contribution in [2.75, 3.05) is 24.7 Å². The topological polar surface area (TPSA) is 97.0 Å². The van der Waals surface area contributed by atoms with Gasteiger partial charge in [-0.3, -0.25) is 4.79 Å². The van der Waals surface area contributed by atoms with E-state index >= 15 is 0 Å². The number of nitrogen functional groups attached to an aromatic ring is 1. The molecule has 0 saturated heterocycles. The first-order valence-electron chi connectivity index (χ1n) is 7.67. The van der Waals surface area contributed by atoms with Crippen molar-refractivity contribution in [1.29, 1.82) is 0 Å². The largest absolute Gasteiger partial charge is 0.368 e. The van der Waals surface area contributed by atoms with Crippen molar-refractivity contribution >= 4 is 41.2 Å². The maximum absolute atomic E-state index is 12.2. The smallest absolute Gasteiger partial charge is 0.233 e. The van der Waals surface area contributed by atoms with Gasteiger partial charge in [-0.1, -0.05) is 29.8 Å². The Bertz CT molecular complexity index is 742. The number of nitrogens with two attached hydrogens (primary N) is 1. The first-order chi connectivity index (χ1) is 11.9. The highest BCUT2D eigenvalue weighted by Crippen LogP contribution is 2.18. The Balaban J connectivity index is 1.88. The molecule has 1 heterocycles. The average Bonchev–Trinajstić information content (AvgIpc) is 2.58. The predicted molar refractivity (Wildman–Crippen MR) is 103 cm³/mol. The van der Waals surface area contributed by atoms with Crippen LogP contribution >= 0.6 is 23.4 Å². The number of nitrogens with zero attached hydrogens (tertiary/aromatic N) is 4. The van der Waals surface area contributed by atoms with Gasteiger partial charge in [0.25, 0.3) is 0 Å². The van der Waals surface area contributed by atoms with Crippen LogP contribution in [0, 0.1) is 0 Å². The fourth-order valence-corrected chi connectivity index (χ4v) is 2.90. The predicted octanol–water partition coefficient (Wildman–Crippen LogP) is 2.11. The molecule has 0 spiro atoms. The maximum Gasteiger partial charge on any atom is 0.233 e. The normalized spacial score (nSPS) is 11.8. The van der Waals surface area contributed by atoms with Gasteiger partial charge in [-0.05, 0) is 18.6 Å². The van der Waals surface area contributed by atoms with Crippen molar-refractivity contribution in [3.05, 3.63) is 40.7 Å². The minimum absolute atomic E-state index is 0.0696. The van der Waals surface area contributed by atoms with Crippen molar-refractivity contribution in [1.82, 2.24) is 20.3 Å². The number of hydrogen-bond acceptors (Lipinski definition) is 7. The highest BCUT2D eigenvalue weighted by Gasteiger charge is 2.15. The van der Waals surface area contributed by atoms with E-state index in [9.17, 15) is 4.79 Å². The Hall–Kier alpha value is -2.06. The van der Waals surface area contributed by atoms with Crippen LogP contribution in [0.15, 0.2) is 24.3 Å². The van der Waals surface area contributed by atoms with Crippen LogP contribution in [0.3, 0.4) is 0 Å². The summed E-state index contributed by atoms with van der Waals surface area (Å²) in [6.45, 7) is 2.23. The number of anilines is 2. The molecule has 134 valence electrons. The molecule has 1 aromatic heterocycles. The second-order valence-electron chi connectivity index (χ2n) is 5.57. The number of rotatable bonds is 7. The third kappa shape index (κ3) is 5.75. The summed E-state index contributed by atoms with van der Waals surface area (Å²) in [4.78, 5) is 26.5. The van der Waals surface area contributed by atoms with Gasteiger partial charge in [-0.25, -0.2) is 0 Å². The van der Waals surface area contributed by atoms with Gasteiger partial charge in [-0.2, -0.15) is 15.0 Å². The first-order valence-corrected chi connectivity index (χ1v) is 9.10. The highest BCUT2D eigenvalue weighted by atomic mass is 35.5. The molecule has 0 aliphatic carbocycles. The first kappa shape index (κ1) is 19.3. The third-order valence-corrected chi connectivity index (χ3v) is 4.84. The Kier molecular flexibility index (Phi) is 6.83. The van der Waals surface area contributed by atoms with E-state index in [1.54, 1.807) is 11.0 Å². The molecule has 1 atom stereocenters. The minimum atomic E-state index is -0.261. The van der Waals surface area contributed by atoms with E-state index in [0.717, 1.165) is 5.56 Å². The molecule has 1 amide bonds. The quantitative estimate of drug-likeness (QED) is 0.759. The fourth-order valence-electron chi connectivity index (χ4n) is 1.93. The third-order valence-electron chi connectivity index (χ3n) is 3.33. The van der Waals surface area contributed by atoms with Gasteiger partial charge >= 0.3 is 0 Å². The zero-order chi connectivity index (χ0) is 18.4. The van der Waals surface area contributed by atoms with Crippen LogP contribution in [-0.4, -0.2) is 40.2 Å². The molecule has 2 rings (SSSR count). The fraction of sp³-hybridized carbons (Fsp3) is 0.375. The van der Waals surface area contributed by atoms with Gasteiger partial charge in [0.2, 0.25) is 17.8 Å². The monoisotopic (exact) mass is 380 g/mol. The van der Waals surface area contributed by atoms with Crippen LogP contribution in [0.25, 0.3) is 0 Å². The van der Waals surface area contributed by atoms with E-state index in [-0.39, 0.29) is 17.1 Å². The lowest BCUT2D eigenvalue weighted by molar-refractivity contribution is -0.120. The Labute approximate surface area is 156 Å². The Morgan fingerprint density at radius 3 is 2.72 bits per heavy atom. The van der Waals surface area contributed by atoms with Crippen molar-refractivity contribution in [2.45, 2.75) is 24.5 Å². The lowest BCUT2D eigenvalue weighted by Gasteiger charge is -2.14. The van der Waals surface area contributed by atoms with Crippen LogP contribution in [0.4, 0.5) is 11.9 Å². The molecular weight excluding hydrogens is 360 g/mol. The molecule has 9 heteroatoms. The van der Waals surface area contributed by atoms with Gasteiger partial charge in [0.05, 0.1) is 11.0 Å². The molecule has 3 N–H and O–H groups in total. The summed E-state index contributed by atoms with van der Waals surface area (Å²) >= 11 is 7.52. The van der Waals surface area contributed by atoms with Crippen molar-refractivity contribution in [2.24, 2.45) is 0 Å². The second kappa shape index (κ2) is 8.87. The molecule has 2 aromatic rings. The molecule has 0 fully saturated rings. The molecule has 7 nitrogen and oxygen atoms in total. The Morgan fingerprint density at radius 1 is 1.32 bits per heavy atom. The van der Waals surface area contributed by atoms with E-state index in [0.29, 0.717) is 29.1 Å². The maximum atomic E-state index is 12.2. The SMILES string of the molecule is C[C@@H](SCc1nc(N)nc(N(C)C)n1)C(=O)NCc1ccccc1Cl. The summed E-state index contributed by atoms with van der Waals surface area (Å²) in [5, 5.41) is 3.26. The van der Waals surface area contributed by atoms with Gasteiger partial charge in [-0.15, -0.1) is 11.8 Å².